The topological polar surface area (TPSA) is 100 Å². The first-order valence-electron chi connectivity index (χ1n) is 11.9. The number of carbonyl (C=O) groups is 1. The number of methoxy groups -OCH3 is 1. The molecule has 198 valence electrons. The van der Waals surface area contributed by atoms with E-state index in [1.165, 1.54) is 19.3 Å². The van der Waals surface area contributed by atoms with Crippen molar-refractivity contribution in [2.24, 2.45) is 7.05 Å². The number of halogens is 1. The van der Waals surface area contributed by atoms with Crippen molar-refractivity contribution in [3.63, 3.8) is 0 Å². The Labute approximate surface area is 220 Å². The molecule has 3 aromatic heterocycles. The summed E-state index contributed by atoms with van der Waals surface area (Å²) < 4.78 is 22.1. The summed E-state index contributed by atoms with van der Waals surface area (Å²) in [6.07, 6.45) is 4.62. The van der Waals surface area contributed by atoms with Gasteiger partial charge < -0.3 is 29.7 Å². The minimum atomic E-state index is -0.374. The van der Waals surface area contributed by atoms with Gasteiger partial charge in [0, 0.05) is 50.5 Å². The van der Waals surface area contributed by atoms with Crippen LogP contribution in [-0.2, 0) is 11.8 Å². The zero-order valence-corrected chi connectivity index (χ0v) is 22.1. The van der Waals surface area contributed by atoms with E-state index in [1.54, 1.807) is 24.4 Å². The predicted molar refractivity (Wildman–Crippen MR) is 149 cm³/mol. The van der Waals surface area contributed by atoms with Crippen LogP contribution in [0.4, 0.5) is 27.5 Å². The molecule has 0 aliphatic rings. The maximum atomic E-state index is 14.7. The van der Waals surface area contributed by atoms with Gasteiger partial charge in [-0.25, -0.2) is 14.4 Å². The molecule has 4 rings (SSSR count). The van der Waals surface area contributed by atoms with Gasteiger partial charge in [0.1, 0.15) is 11.5 Å². The summed E-state index contributed by atoms with van der Waals surface area (Å²) in [6, 6.07) is 8.40. The van der Waals surface area contributed by atoms with Crippen LogP contribution >= 0.6 is 0 Å². The quantitative estimate of drug-likeness (QED) is 0.304. The lowest BCUT2D eigenvalue weighted by atomic mass is 10.1. The van der Waals surface area contributed by atoms with Gasteiger partial charge in [0.05, 0.1) is 24.0 Å². The zero-order chi connectivity index (χ0) is 27.4. The number of aryl methyl sites for hydroxylation is 1. The van der Waals surface area contributed by atoms with E-state index in [0.29, 0.717) is 46.3 Å². The minimum Gasteiger partial charge on any atom is -0.479 e. The van der Waals surface area contributed by atoms with Crippen molar-refractivity contribution in [1.82, 2.24) is 24.4 Å². The Morgan fingerprint density at radius 3 is 2.68 bits per heavy atom. The van der Waals surface area contributed by atoms with Crippen molar-refractivity contribution >= 4 is 40.0 Å². The van der Waals surface area contributed by atoms with Crippen LogP contribution in [0.1, 0.15) is 0 Å². The average Bonchev–Trinajstić information content (AvgIpc) is 3.25. The first kappa shape index (κ1) is 26.6. The molecular weight excluding hydrogens is 487 g/mol. The predicted octanol–water partition coefficient (Wildman–Crippen LogP) is 4.04. The summed E-state index contributed by atoms with van der Waals surface area (Å²) in [5.74, 6) is 0.379. The van der Waals surface area contributed by atoms with Crippen molar-refractivity contribution < 1.29 is 13.9 Å². The maximum Gasteiger partial charge on any atom is 0.247 e. The van der Waals surface area contributed by atoms with Crippen LogP contribution < -0.4 is 20.3 Å². The molecular formula is C27H31FN8O2. The Morgan fingerprint density at radius 2 is 1.97 bits per heavy atom. The molecule has 1 aromatic carbocycles. The van der Waals surface area contributed by atoms with Gasteiger partial charge in [-0.3, -0.25) is 4.79 Å². The first-order chi connectivity index (χ1) is 18.2. The van der Waals surface area contributed by atoms with Gasteiger partial charge >= 0.3 is 0 Å². The number of ether oxygens (including phenoxy) is 1. The van der Waals surface area contributed by atoms with Crippen LogP contribution in [0.5, 0.6) is 5.88 Å². The Kier molecular flexibility index (Phi) is 7.87. The Bertz CT molecular complexity index is 1480. The molecule has 0 saturated heterocycles. The number of aromatic nitrogens is 4. The molecule has 4 aromatic rings. The molecule has 0 radical (unpaired) electrons. The van der Waals surface area contributed by atoms with Crippen LogP contribution in [0.3, 0.4) is 0 Å². The highest BCUT2D eigenvalue weighted by molar-refractivity contribution is 6.01. The number of benzene rings is 1. The molecule has 1 amide bonds. The Morgan fingerprint density at radius 1 is 1.18 bits per heavy atom. The van der Waals surface area contributed by atoms with Crippen LogP contribution in [-0.4, -0.2) is 71.7 Å². The molecule has 0 unspecified atom stereocenters. The van der Waals surface area contributed by atoms with Crippen LogP contribution in [0.2, 0.25) is 0 Å². The van der Waals surface area contributed by atoms with E-state index in [9.17, 15) is 9.18 Å². The SMILES string of the molecule is C=CC(=O)Nc1cc(Nc2nccc(-c3cn(C)c4cccc(F)c34)n2)c(OC)nc1N(C)CCN(C)C. The summed E-state index contributed by atoms with van der Waals surface area (Å²) in [5, 5.41) is 6.44. The third kappa shape index (κ3) is 5.57. The van der Waals surface area contributed by atoms with E-state index in [2.05, 4.69) is 37.1 Å². The van der Waals surface area contributed by atoms with Crippen LogP contribution in [0, 0.1) is 5.82 Å². The molecule has 0 aliphatic heterocycles. The lowest BCUT2D eigenvalue weighted by molar-refractivity contribution is -0.111. The highest BCUT2D eigenvalue weighted by atomic mass is 19.1. The molecule has 2 N–H and O–H groups in total. The Hall–Kier alpha value is -4.51. The fourth-order valence-corrected chi connectivity index (χ4v) is 4.04. The number of hydrogen-bond donors (Lipinski definition) is 2. The number of likely N-dealkylation sites (N-methyl/N-ethyl adjacent to an activating group) is 2. The van der Waals surface area contributed by atoms with Gasteiger partial charge in [-0.2, -0.15) is 4.98 Å². The van der Waals surface area contributed by atoms with Gasteiger partial charge in [-0.15, -0.1) is 0 Å². The van der Waals surface area contributed by atoms with Crippen molar-refractivity contribution in [3.8, 4) is 17.1 Å². The smallest absolute Gasteiger partial charge is 0.247 e. The average molecular weight is 519 g/mol. The summed E-state index contributed by atoms with van der Waals surface area (Å²) in [6.45, 7) is 4.99. The number of rotatable bonds is 10. The summed E-state index contributed by atoms with van der Waals surface area (Å²) in [4.78, 5) is 29.8. The number of carbonyl (C=O) groups excluding carboxylic acids is 1. The number of hydrogen-bond acceptors (Lipinski definition) is 8. The number of pyridine rings is 1. The fourth-order valence-electron chi connectivity index (χ4n) is 4.04. The summed E-state index contributed by atoms with van der Waals surface area (Å²) >= 11 is 0. The second kappa shape index (κ2) is 11.3. The zero-order valence-electron chi connectivity index (χ0n) is 22.1. The van der Waals surface area contributed by atoms with E-state index >= 15 is 0 Å². The highest BCUT2D eigenvalue weighted by Crippen LogP contribution is 2.35. The van der Waals surface area contributed by atoms with Crippen molar-refractivity contribution in [2.75, 3.05) is 56.9 Å². The van der Waals surface area contributed by atoms with Crippen molar-refractivity contribution in [2.45, 2.75) is 0 Å². The molecule has 38 heavy (non-hydrogen) atoms. The molecule has 0 fully saturated rings. The van der Waals surface area contributed by atoms with Gasteiger partial charge in [-0.1, -0.05) is 12.6 Å². The molecule has 0 atom stereocenters. The van der Waals surface area contributed by atoms with Crippen molar-refractivity contribution in [1.29, 1.82) is 0 Å². The number of nitrogens with one attached hydrogen (secondary N) is 2. The summed E-state index contributed by atoms with van der Waals surface area (Å²) in [7, 11) is 9.22. The molecule has 0 saturated carbocycles. The summed E-state index contributed by atoms with van der Waals surface area (Å²) in [5.41, 5.74) is 2.86. The van der Waals surface area contributed by atoms with Gasteiger partial charge in [-0.05, 0) is 44.4 Å². The Balaban J connectivity index is 1.73. The van der Waals surface area contributed by atoms with Crippen LogP contribution in [0.15, 0.2) is 55.4 Å². The van der Waals surface area contributed by atoms with E-state index in [1.807, 2.05) is 49.9 Å². The number of fused-ring (bicyclic) bond motifs is 1. The van der Waals surface area contributed by atoms with E-state index in [4.69, 9.17) is 4.74 Å². The molecule has 10 nitrogen and oxygen atoms in total. The maximum absolute atomic E-state index is 14.7. The van der Waals surface area contributed by atoms with Crippen LogP contribution in [0.25, 0.3) is 22.2 Å². The molecule has 11 heteroatoms. The monoisotopic (exact) mass is 518 g/mol. The second-order valence-corrected chi connectivity index (χ2v) is 9.01. The van der Waals surface area contributed by atoms with Gasteiger partial charge in [0.2, 0.25) is 17.7 Å². The molecule has 0 bridgehead atoms. The van der Waals surface area contributed by atoms with E-state index in [-0.39, 0.29) is 17.7 Å². The third-order valence-corrected chi connectivity index (χ3v) is 5.99. The molecule has 0 spiro atoms. The number of amides is 1. The third-order valence-electron chi connectivity index (χ3n) is 5.99. The lowest BCUT2D eigenvalue weighted by Gasteiger charge is -2.24. The first-order valence-corrected chi connectivity index (χ1v) is 11.9. The van der Waals surface area contributed by atoms with Gasteiger partial charge in [0.15, 0.2) is 5.82 Å². The normalized spacial score (nSPS) is 11.0. The van der Waals surface area contributed by atoms with E-state index in [0.717, 1.165) is 12.1 Å². The van der Waals surface area contributed by atoms with Crippen molar-refractivity contribution in [3.05, 3.63) is 61.2 Å². The lowest BCUT2D eigenvalue weighted by Crippen LogP contribution is -2.30. The minimum absolute atomic E-state index is 0.255. The number of nitrogens with zero attached hydrogens (tertiary/aromatic N) is 6. The highest BCUT2D eigenvalue weighted by Gasteiger charge is 2.19. The molecule has 3 heterocycles. The fraction of sp³-hybridized carbons (Fsp3) is 0.259. The number of anilines is 4. The second-order valence-electron chi connectivity index (χ2n) is 9.01. The molecule has 0 aliphatic carbocycles. The standard InChI is InChI=1S/C27H31FN8O2/c1-7-23(37)30-20-15-21(26(38-6)33-25(20)35(4)14-13-34(2)3)32-27-29-12-11-19(31-27)17-16-36(5)22-10-8-9-18(28)24(17)22/h7-12,15-16H,1,13-14H2,2-6H3,(H,30,37)(H,29,31,32). The van der Waals surface area contributed by atoms with E-state index < -0.39 is 0 Å². The van der Waals surface area contributed by atoms with Gasteiger partial charge in [0.25, 0.3) is 0 Å². The largest absolute Gasteiger partial charge is 0.479 e.